The molecule has 0 atom stereocenters. The first-order valence-corrected chi connectivity index (χ1v) is 7.55. The summed E-state index contributed by atoms with van der Waals surface area (Å²) in [6.45, 7) is 6.41. The van der Waals surface area contributed by atoms with Gasteiger partial charge in [0.1, 0.15) is 17.2 Å². The molecule has 4 heterocycles. The first-order chi connectivity index (χ1) is 11.0. The van der Waals surface area contributed by atoms with Gasteiger partial charge < -0.3 is 9.72 Å². The quantitative estimate of drug-likeness (QED) is 0.617. The summed E-state index contributed by atoms with van der Waals surface area (Å²) in [5.74, 6) is 0.967. The van der Waals surface area contributed by atoms with Gasteiger partial charge in [-0.2, -0.15) is 0 Å². The fourth-order valence-corrected chi connectivity index (χ4v) is 2.64. The van der Waals surface area contributed by atoms with Crippen molar-refractivity contribution in [1.29, 1.82) is 0 Å². The molecule has 0 aliphatic heterocycles. The summed E-state index contributed by atoms with van der Waals surface area (Å²) in [6.07, 6.45) is 11.2. The Morgan fingerprint density at radius 2 is 1.91 bits per heavy atom. The fourth-order valence-electron chi connectivity index (χ4n) is 2.64. The molecule has 0 saturated carbocycles. The first-order valence-electron chi connectivity index (χ1n) is 7.55. The van der Waals surface area contributed by atoms with E-state index in [-0.39, 0.29) is 5.54 Å². The van der Waals surface area contributed by atoms with E-state index in [1.54, 1.807) is 18.6 Å². The van der Waals surface area contributed by atoms with Gasteiger partial charge in [0.15, 0.2) is 5.65 Å². The lowest BCUT2D eigenvalue weighted by Crippen LogP contribution is -2.27. The van der Waals surface area contributed by atoms with Crippen molar-refractivity contribution in [3.8, 4) is 11.3 Å². The zero-order chi connectivity index (χ0) is 16.0. The lowest BCUT2D eigenvalue weighted by atomic mass is 10.1. The van der Waals surface area contributed by atoms with Crippen LogP contribution in [0.4, 0.5) is 5.82 Å². The van der Waals surface area contributed by atoms with E-state index in [9.17, 15) is 0 Å². The molecule has 1 N–H and O–H groups in total. The average Bonchev–Trinajstić information content (AvgIpc) is 3.10. The van der Waals surface area contributed by atoms with Crippen LogP contribution in [0, 0.1) is 0 Å². The second-order valence-corrected chi connectivity index (χ2v) is 6.60. The van der Waals surface area contributed by atoms with Crippen molar-refractivity contribution in [2.75, 3.05) is 5.32 Å². The van der Waals surface area contributed by atoms with Crippen LogP contribution in [-0.4, -0.2) is 29.3 Å². The number of imidazole rings is 2. The summed E-state index contributed by atoms with van der Waals surface area (Å²) in [5.41, 5.74) is 3.60. The van der Waals surface area contributed by atoms with Crippen molar-refractivity contribution in [3.05, 3.63) is 49.3 Å². The van der Waals surface area contributed by atoms with E-state index < -0.39 is 0 Å². The zero-order valence-electron chi connectivity index (χ0n) is 13.4. The second-order valence-electron chi connectivity index (χ2n) is 6.60. The number of anilines is 1. The maximum atomic E-state index is 4.76. The molecule has 4 aromatic rings. The van der Waals surface area contributed by atoms with Crippen LogP contribution in [0.1, 0.15) is 20.8 Å². The number of fused-ring (bicyclic) bond motifs is 2. The Hall–Kier alpha value is -2.89. The van der Waals surface area contributed by atoms with Gasteiger partial charge in [0.2, 0.25) is 0 Å². The summed E-state index contributed by atoms with van der Waals surface area (Å²) in [4.78, 5) is 13.2. The van der Waals surface area contributed by atoms with Gasteiger partial charge in [0.05, 0.1) is 6.20 Å². The van der Waals surface area contributed by atoms with Crippen molar-refractivity contribution in [3.63, 3.8) is 0 Å². The molecule has 0 aliphatic carbocycles. The smallest absolute Gasteiger partial charge is 0.157 e. The largest absolute Gasteiger partial charge is 0.365 e. The number of nitrogens with zero attached hydrogens (tertiary/aromatic N) is 5. The highest BCUT2D eigenvalue weighted by atomic mass is 15.2. The molecule has 116 valence electrons. The van der Waals surface area contributed by atoms with Crippen LogP contribution < -0.4 is 5.32 Å². The number of nitrogens with one attached hydrogen (secondary N) is 1. The van der Waals surface area contributed by atoms with Crippen LogP contribution in [0.15, 0.2) is 49.3 Å². The molecule has 4 aromatic heterocycles. The molecular formula is C17H18N6. The maximum absolute atomic E-state index is 4.76. The Kier molecular flexibility index (Phi) is 2.87. The van der Waals surface area contributed by atoms with Crippen LogP contribution in [0.3, 0.4) is 0 Å². The third kappa shape index (κ3) is 2.42. The Labute approximate surface area is 133 Å². The predicted molar refractivity (Wildman–Crippen MR) is 90.5 cm³/mol. The van der Waals surface area contributed by atoms with Crippen molar-refractivity contribution >= 4 is 17.1 Å². The van der Waals surface area contributed by atoms with E-state index in [1.165, 1.54) is 0 Å². The Morgan fingerprint density at radius 1 is 1.04 bits per heavy atom. The summed E-state index contributed by atoms with van der Waals surface area (Å²) < 4.78 is 4.03. The molecule has 23 heavy (non-hydrogen) atoms. The van der Waals surface area contributed by atoms with E-state index in [0.717, 1.165) is 28.4 Å². The minimum absolute atomic E-state index is 0.0763. The average molecular weight is 306 g/mol. The van der Waals surface area contributed by atoms with Gasteiger partial charge in [-0.3, -0.25) is 9.38 Å². The summed E-state index contributed by atoms with van der Waals surface area (Å²) in [7, 11) is 0. The van der Waals surface area contributed by atoms with Crippen LogP contribution in [0.2, 0.25) is 0 Å². The molecule has 0 aromatic carbocycles. The molecule has 0 fully saturated rings. The SMILES string of the molecule is CC(C)(C)Nc1c(-c2ccc3nccn3c2)nc2cnccn12. The van der Waals surface area contributed by atoms with Crippen molar-refractivity contribution < 1.29 is 0 Å². The molecule has 6 heteroatoms. The Morgan fingerprint density at radius 3 is 2.74 bits per heavy atom. The first kappa shape index (κ1) is 13.8. The van der Waals surface area contributed by atoms with Crippen molar-refractivity contribution in [2.24, 2.45) is 0 Å². The molecule has 0 bridgehead atoms. The van der Waals surface area contributed by atoms with Gasteiger partial charge in [-0.1, -0.05) is 0 Å². The summed E-state index contributed by atoms with van der Waals surface area (Å²) in [6, 6.07) is 4.05. The van der Waals surface area contributed by atoms with Crippen LogP contribution in [-0.2, 0) is 0 Å². The predicted octanol–water partition coefficient (Wildman–Crippen LogP) is 3.25. The summed E-state index contributed by atoms with van der Waals surface area (Å²) in [5, 5.41) is 3.56. The number of pyridine rings is 1. The molecule has 4 rings (SSSR count). The Bertz CT molecular complexity index is 989. The third-order valence-corrected chi connectivity index (χ3v) is 3.59. The van der Waals surface area contributed by atoms with Crippen LogP contribution >= 0.6 is 0 Å². The molecule has 0 amide bonds. The standard InChI is InChI=1S/C17H18N6/c1-17(2,3)21-16-15(20-14-10-18-6-9-23(14)16)12-4-5-13-19-7-8-22(13)11-12/h4-11,21H,1-3H3. The normalized spacial score (nSPS) is 12.1. The highest BCUT2D eigenvalue weighted by Crippen LogP contribution is 2.30. The van der Waals surface area contributed by atoms with E-state index in [2.05, 4.69) is 36.1 Å². The highest BCUT2D eigenvalue weighted by Gasteiger charge is 2.19. The lowest BCUT2D eigenvalue weighted by Gasteiger charge is -2.22. The van der Waals surface area contributed by atoms with E-state index in [0.29, 0.717) is 0 Å². The minimum atomic E-state index is -0.0763. The van der Waals surface area contributed by atoms with Gasteiger partial charge in [0.25, 0.3) is 0 Å². The van der Waals surface area contributed by atoms with Gasteiger partial charge in [-0.25, -0.2) is 9.97 Å². The second kappa shape index (κ2) is 4.81. The maximum Gasteiger partial charge on any atom is 0.157 e. The molecule has 0 unspecified atom stereocenters. The minimum Gasteiger partial charge on any atom is -0.365 e. The Balaban J connectivity index is 1.95. The highest BCUT2D eigenvalue weighted by molar-refractivity contribution is 5.77. The molecule has 0 radical (unpaired) electrons. The van der Waals surface area contributed by atoms with Crippen LogP contribution in [0.25, 0.3) is 22.6 Å². The van der Waals surface area contributed by atoms with Crippen molar-refractivity contribution in [2.45, 2.75) is 26.3 Å². The van der Waals surface area contributed by atoms with E-state index >= 15 is 0 Å². The molecular weight excluding hydrogens is 288 g/mol. The number of hydrogen-bond acceptors (Lipinski definition) is 4. The topological polar surface area (TPSA) is 59.5 Å². The van der Waals surface area contributed by atoms with Gasteiger partial charge in [-0.15, -0.1) is 0 Å². The van der Waals surface area contributed by atoms with Gasteiger partial charge in [0, 0.05) is 42.1 Å². The number of hydrogen-bond donors (Lipinski definition) is 1. The van der Waals surface area contributed by atoms with E-state index in [1.807, 2.05) is 39.5 Å². The summed E-state index contributed by atoms with van der Waals surface area (Å²) >= 11 is 0. The van der Waals surface area contributed by atoms with Crippen LogP contribution in [0.5, 0.6) is 0 Å². The zero-order valence-corrected chi connectivity index (χ0v) is 13.4. The third-order valence-electron chi connectivity index (χ3n) is 3.59. The van der Waals surface area contributed by atoms with Gasteiger partial charge in [-0.05, 0) is 32.9 Å². The molecule has 6 nitrogen and oxygen atoms in total. The molecule has 0 spiro atoms. The molecule has 0 saturated heterocycles. The fraction of sp³-hybridized carbons (Fsp3) is 0.235. The number of aromatic nitrogens is 5. The lowest BCUT2D eigenvalue weighted by molar-refractivity contribution is 0.629. The van der Waals surface area contributed by atoms with Crippen molar-refractivity contribution in [1.82, 2.24) is 23.8 Å². The number of rotatable bonds is 2. The van der Waals surface area contributed by atoms with E-state index in [4.69, 9.17) is 4.98 Å². The van der Waals surface area contributed by atoms with Gasteiger partial charge >= 0.3 is 0 Å². The monoisotopic (exact) mass is 306 g/mol. The molecule has 0 aliphatic rings.